The molecule has 2 aromatic carbocycles. The predicted molar refractivity (Wildman–Crippen MR) is 123 cm³/mol. The predicted octanol–water partition coefficient (Wildman–Crippen LogP) is 3.44. The number of carbonyl (C=O) groups is 1. The minimum atomic E-state index is -3.46. The fraction of sp³-hybridized carbons (Fsp3) is 0.435. The van der Waals surface area contributed by atoms with E-state index in [4.69, 9.17) is 9.47 Å². The lowest BCUT2D eigenvalue weighted by molar-refractivity contribution is -0.121. The average molecular weight is 449 g/mol. The van der Waals surface area contributed by atoms with E-state index in [1.807, 2.05) is 39.0 Å². The normalized spacial score (nSPS) is 11.1. The Balaban J connectivity index is 1.77. The molecular weight excluding hydrogens is 416 g/mol. The minimum Gasteiger partial charge on any atom is -0.494 e. The molecule has 2 rings (SSSR count). The largest absolute Gasteiger partial charge is 0.494 e. The third kappa shape index (κ3) is 8.13. The topological polar surface area (TPSA) is 84.9 Å². The fourth-order valence-corrected chi connectivity index (χ4v) is 4.11. The highest BCUT2D eigenvalue weighted by atomic mass is 32.2. The molecule has 0 saturated heterocycles. The van der Waals surface area contributed by atoms with Crippen LogP contribution in [0.5, 0.6) is 11.5 Å². The maximum Gasteiger partial charge on any atom is 0.232 e. The summed E-state index contributed by atoms with van der Waals surface area (Å²) >= 11 is 0. The Morgan fingerprint density at radius 3 is 2.39 bits per heavy atom. The van der Waals surface area contributed by atoms with Crippen LogP contribution in [0.15, 0.2) is 42.5 Å². The number of carbonyl (C=O) groups excluding carboxylic acids is 1. The Morgan fingerprint density at radius 2 is 1.77 bits per heavy atom. The van der Waals surface area contributed by atoms with Gasteiger partial charge in [-0.2, -0.15) is 0 Å². The molecule has 0 unspecified atom stereocenters. The monoisotopic (exact) mass is 448 g/mol. The first-order chi connectivity index (χ1) is 14.7. The number of rotatable bonds is 12. The molecule has 2 aromatic rings. The zero-order chi connectivity index (χ0) is 22.9. The first-order valence-electron chi connectivity index (χ1n) is 10.4. The smallest absolute Gasteiger partial charge is 0.232 e. The van der Waals surface area contributed by atoms with E-state index < -0.39 is 10.0 Å². The third-order valence-electron chi connectivity index (χ3n) is 4.61. The minimum absolute atomic E-state index is 0.135. The average Bonchev–Trinajstić information content (AvgIpc) is 2.70. The van der Waals surface area contributed by atoms with Crippen LogP contribution in [0.3, 0.4) is 0 Å². The maximum atomic E-state index is 12.2. The van der Waals surface area contributed by atoms with Crippen molar-refractivity contribution in [3.05, 3.63) is 53.6 Å². The van der Waals surface area contributed by atoms with Crippen molar-refractivity contribution in [2.75, 3.05) is 36.9 Å². The summed E-state index contributed by atoms with van der Waals surface area (Å²) in [7, 11) is -3.46. The summed E-state index contributed by atoms with van der Waals surface area (Å²) in [5.74, 6) is 1.35. The number of nitrogens with one attached hydrogen (secondary N) is 1. The molecule has 0 spiro atoms. The van der Waals surface area contributed by atoms with Crippen molar-refractivity contribution in [2.45, 2.75) is 33.6 Å². The van der Waals surface area contributed by atoms with E-state index in [0.717, 1.165) is 17.6 Å². The van der Waals surface area contributed by atoms with Crippen molar-refractivity contribution in [3.63, 3.8) is 0 Å². The van der Waals surface area contributed by atoms with Crippen LogP contribution >= 0.6 is 0 Å². The summed E-state index contributed by atoms with van der Waals surface area (Å²) in [6.45, 7) is 7.42. The molecule has 0 saturated carbocycles. The summed E-state index contributed by atoms with van der Waals surface area (Å²) in [6, 6.07) is 12.8. The van der Waals surface area contributed by atoms with Gasteiger partial charge in [0.2, 0.25) is 15.9 Å². The highest BCUT2D eigenvalue weighted by Gasteiger charge is 2.17. The van der Waals surface area contributed by atoms with Crippen molar-refractivity contribution >= 4 is 21.6 Å². The van der Waals surface area contributed by atoms with Gasteiger partial charge in [-0.15, -0.1) is 0 Å². The molecule has 31 heavy (non-hydrogen) atoms. The molecule has 0 aromatic heterocycles. The van der Waals surface area contributed by atoms with Crippen LogP contribution in [-0.2, 0) is 14.8 Å². The quantitative estimate of drug-likeness (QED) is 0.503. The van der Waals surface area contributed by atoms with E-state index in [9.17, 15) is 13.2 Å². The van der Waals surface area contributed by atoms with Gasteiger partial charge in [-0.3, -0.25) is 9.10 Å². The Bertz CT molecular complexity index is 958. The lowest BCUT2D eigenvalue weighted by Crippen LogP contribution is -2.32. The van der Waals surface area contributed by atoms with Crippen LogP contribution < -0.4 is 19.1 Å². The lowest BCUT2D eigenvalue weighted by Gasteiger charge is -2.22. The van der Waals surface area contributed by atoms with Gasteiger partial charge in [0.15, 0.2) is 0 Å². The molecule has 0 heterocycles. The van der Waals surface area contributed by atoms with Gasteiger partial charge in [-0.1, -0.05) is 17.7 Å². The molecule has 1 amide bonds. The van der Waals surface area contributed by atoms with Gasteiger partial charge >= 0.3 is 0 Å². The first kappa shape index (κ1) is 24.5. The second kappa shape index (κ2) is 11.6. The number of benzene rings is 2. The van der Waals surface area contributed by atoms with E-state index in [1.165, 1.54) is 9.87 Å². The number of amides is 1. The second-order valence-corrected chi connectivity index (χ2v) is 9.24. The van der Waals surface area contributed by atoms with E-state index in [-0.39, 0.29) is 18.9 Å². The van der Waals surface area contributed by atoms with Crippen molar-refractivity contribution in [1.82, 2.24) is 5.32 Å². The molecule has 7 nitrogen and oxygen atoms in total. The van der Waals surface area contributed by atoms with Crippen molar-refractivity contribution in [2.24, 2.45) is 0 Å². The van der Waals surface area contributed by atoms with E-state index in [1.54, 1.807) is 24.3 Å². The zero-order valence-electron chi connectivity index (χ0n) is 18.7. The molecule has 0 bridgehead atoms. The number of sulfonamides is 1. The van der Waals surface area contributed by atoms with Crippen LogP contribution in [0.1, 0.15) is 30.9 Å². The van der Waals surface area contributed by atoms with Crippen molar-refractivity contribution in [1.29, 1.82) is 0 Å². The molecule has 0 aliphatic carbocycles. The van der Waals surface area contributed by atoms with Gasteiger partial charge in [-0.05, 0) is 63.1 Å². The standard InChI is InChI=1S/C23H32N2O5S/c1-5-29-21-11-9-20(10-12-21)25(31(4,27)28)15-6-7-23(26)24-14-16-30-22-13-8-18(2)17-19(22)3/h8-13,17H,5-7,14-16H2,1-4H3,(H,24,26). The van der Waals surface area contributed by atoms with Crippen LogP contribution in [0.2, 0.25) is 0 Å². The first-order valence-corrected chi connectivity index (χ1v) is 12.2. The third-order valence-corrected chi connectivity index (χ3v) is 5.81. The Labute approximate surface area is 185 Å². The summed E-state index contributed by atoms with van der Waals surface area (Å²) in [5, 5.41) is 2.81. The lowest BCUT2D eigenvalue weighted by atomic mass is 10.1. The molecule has 170 valence electrons. The van der Waals surface area contributed by atoms with Gasteiger partial charge in [0, 0.05) is 13.0 Å². The van der Waals surface area contributed by atoms with E-state index in [0.29, 0.717) is 37.6 Å². The van der Waals surface area contributed by atoms with Crippen LogP contribution in [0, 0.1) is 13.8 Å². The molecule has 0 aliphatic heterocycles. The highest BCUT2D eigenvalue weighted by molar-refractivity contribution is 7.92. The molecule has 8 heteroatoms. The molecule has 1 N–H and O–H groups in total. The number of ether oxygens (including phenoxy) is 2. The van der Waals surface area contributed by atoms with E-state index >= 15 is 0 Å². The van der Waals surface area contributed by atoms with Gasteiger partial charge in [0.25, 0.3) is 0 Å². The van der Waals surface area contributed by atoms with Gasteiger partial charge in [-0.25, -0.2) is 8.42 Å². The number of hydrogen-bond donors (Lipinski definition) is 1. The van der Waals surface area contributed by atoms with Crippen molar-refractivity contribution in [3.8, 4) is 11.5 Å². The molecule has 0 fully saturated rings. The molecule has 0 atom stereocenters. The summed E-state index contributed by atoms with van der Waals surface area (Å²) in [6.07, 6.45) is 1.80. The zero-order valence-corrected chi connectivity index (χ0v) is 19.5. The fourth-order valence-electron chi connectivity index (χ4n) is 3.15. The number of aryl methyl sites for hydroxylation is 2. The Morgan fingerprint density at radius 1 is 1.06 bits per heavy atom. The molecule has 0 radical (unpaired) electrons. The summed E-state index contributed by atoms with van der Waals surface area (Å²) < 4.78 is 36.8. The maximum absolute atomic E-state index is 12.2. The summed E-state index contributed by atoms with van der Waals surface area (Å²) in [5.41, 5.74) is 2.78. The second-order valence-electron chi connectivity index (χ2n) is 7.33. The number of anilines is 1. The SMILES string of the molecule is CCOc1ccc(N(CCCC(=O)NCCOc2ccc(C)cc2C)S(C)(=O)=O)cc1. The van der Waals surface area contributed by atoms with Gasteiger partial charge in [0.05, 0.1) is 25.1 Å². The van der Waals surface area contributed by atoms with Gasteiger partial charge < -0.3 is 14.8 Å². The Hall–Kier alpha value is -2.74. The number of nitrogens with zero attached hydrogens (tertiary/aromatic N) is 1. The summed E-state index contributed by atoms with van der Waals surface area (Å²) in [4.78, 5) is 12.1. The highest BCUT2D eigenvalue weighted by Crippen LogP contribution is 2.22. The van der Waals surface area contributed by atoms with Crippen LogP contribution in [0.4, 0.5) is 5.69 Å². The van der Waals surface area contributed by atoms with Crippen LogP contribution in [-0.4, -0.2) is 46.9 Å². The molecular formula is C23H32N2O5S. The molecule has 0 aliphatic rings. The van der Waals surface area contributed by atoms with E-state index in [2.05, 4.69) is 5.32 Å². The van der Waals surface area contributed by atoms with Gasteiger partial charge in [0.1, 0.15) is 18.1 Å². The Kier molecular flexibility index (Phi) is 9.18. The number of hydrogen-bond acceptors (Lipinski definition) is 5. The van der Waals surface area contributed by atoms with Crippen LogP contribution in [0.25, 0.3) is 0 Å². The van der Waals surface area contributed by atoms with Crippen molar-refractivity contribution < 1.29 is 22.7 Å².